The van der Waals surface area contributed by atoms with E-state index in [0.29, 0.717) is 19.0 Å². The van der Waals surface area contributed by atoms with Gasteiger partial charge in [-0.3, -0.25) is 0 Å². The van der Waals surface area contributed by atoms with Gasteiger partial charge in [0.1, 0.15) is 0 Å². The average Bonchev–Trinajstić information content (AvgIpc) is 2.43. The molecule has 1 heterocycles. The number of rotatable bonds is 5. The van der Waals surface area contributed by atoms with Crippen LogP contribution < -0.4 is 10.1 Å². The van der Waals surface area contributed by atoms with E-state index in [2.05, 4.69) is 10.3 Å². The maximum absolute atomic E-state index is 13.1. The minimum atomic E-state index is -0.613. The second kappa shape index (κ2) is 6.15. The Hall–Kier alpha value is -2.14. The SMILES string of the molecule is COc1ncccc1CNCc1ccc(O)c(F)c1. The minimum absolute atomic E-state index is 0.335. The summed E-state index contributed by atoms with van der Waals surface area (Å²) >= 11 is 0. The summed E-state index contributed by atoms with van der Waals surface area (Å²) in [5.74, 6) is -0.372. The number of ether oxygens (including phenoxy) is 1. The van der Waals surface area contributed by atoms with Gasteiger partial charge in [-0.2, -0.15) is 0 Å². The zero-order chi connectivity index (χ0) is 13.7. The van der Waals surface area contributed by atoms with Crippen LogP contribution in [0.3, 0.4) is 0 Å². The van der Waals surface area contributed by atoms with Gasteiger partial charge in [-0.25, -0.2) is 9.37 Å². The van der Waals surface area contributed by atoms with Crippen molar-refractivity contribution in [1.29, 1.82) is 0 Å². The lowest BCUT2D eigenvalue weighted by molar-refractivity contribution is 0.390. The molecule has 2 rings (SSSR count). The van der Waals surface area contributed by atoms with E-state index in [0.717, 1.165) is 11.1 Å². The number of pyridine rings is 1. The highest BCUT2D eigenvalue weighted by molar-refractivity contribution is 5.28. The standard InChI is InChI=1S/C14H15FN2O2/c1-19-14-11(3-2-6-17-14)9-16-8-10-4-5-13(18)12(15)7-10/h2-7,16,18H,8-9H2,1H3. The second-order valence-electron chi connectivity index (χ2n) is 4.06. The van der Waals surface area contributed by atoms with E-state index in [1.54, 1.807) is 19.4 Å². The molecule has 0 unspecified atom stereocenters. The van der Waals surface area contributed by atoms with E-state index < -0.39 is 5.82 Å². The topological polar surface area (TPSA) is 54.4 Å². The first-order chi connectivity index (χ1) is 9.20. The molecule has 0 fully saturated rings. The monoisotopic (exact) mass is 262 g/mol. The van der Waals surface area contributed by atoms with Crippen molar-refractivity contribution in [3.8, 4) is 11.6 Å². The zero-order valence-electron chi connectivity index (χ0n) is 10.6. The summed E-state index contributed by atoms with van der Waals surface area (Å²) in [6.07, 6.45) is 1.66. The Morgan fingerprint density at radius 2 is 2.16 bits per heavy atom. The Balaban J connectivity index is 1.94. The molecule has 2 N–H and O–H groups in total. The molecule has 19 heavy (non-hydrogen) atoms. The number of hydrogen-bond acceptors (Lipinski definition) is 4. The molecule has 0 aliphatic rings. The molecular formula is C14H15FN2O2. The number of aromatic nitrogens is 1. The number of phenolic OH excluding ortho intramolecular Hbond substituents is 1. The van der Waals surface area contributed by atoms with Gasteiger partial charge in [-0.1, -0.05) is 12.1 Å². The number of phenols is 1. The van der Waals surface area contributed by atoms with Crippen LogP contribution in [0.4, 0.5) is 4.39 Å². The van der Waals surface area contributed by atoms with Crippen molar-refractivity contribution in [2.45, 2.75) is 13.1 Å². The number of methoxy groups -OCH3 is 1. The molecule has 4 nitrogen and oxygen atoms in total. The highest BCUT2D eigenvalue weighted by atomic mass is 19.1. The van der Waals surface area contributed by atoms with Crippen molar-refractivity contribution < 1.29 is 14.2 Å². The predicted octanol–water partition coefficient (Wildman–Crippen LogP) is 2.22. The summed E-state index contributed by atoms with van der Waals surface area (Å²) in [5.41, 5.74) is 1.70. The fourth-order valence-corrected chi connectivity index (χ4v) is 1.74. The zero-order valence-corrected chi connectivity index (χ0v) is 10.6. The third-order valence-electron chi connectivity index (χ3n) is 2.70. The van der Waals surface area contributed by atoms with Crippen molar-refractivity contribution in [2.24, 2.45) is 0 Å². The summed E-state index contributed by atoms with van der Waals surface area (Å²) in [7, 11) is 1.57. The highest BCUT2D eigenvalue weighted by Gasteiger charge is 2.04. The van der Waals surface area contributed by atoms with E-state index in [-0.39, 0.29) is 5.75 Å². The number of benzene rings is 1. The molecule has 0 bridgehead atoms. The smallest absolute Gasteiger partial charge is 0.217 e. The molecule has 0 atom stereocenters. The van der Waals surface area contributed by atoms with Crippen LogP contribution in [0.25, 0.3) is 0 Å². The number of halogens is 1. The van der Waals surface area contributed by atoms with Crippen LogP contribution in [-0.2, 0) is 13.1 Å². The first-order valence-corrected chi connectivity index (χ1v) is 5.86. The molecule has 0 saturated carbocycles. The second-order valence-corrected chi connectivity index (χ2v) is 4.06. The van der Waals surface area contributed by atoms with Crippen molar-refractivity contribution in [2.75, 3.05) is 7.11 Å². The van der Waals surface area contributed by atoms with E-state index in [1.165, 1.54) is 12.1 Å². The molecule has 5 heteroatoms. The molecule has 1 aromatic carbocycles. The highest BCUT2D eigenvalue weighted by Crippen LogP contribution is 2.17. The van der Waals surface area contributed by atoms with Crippen LogP contribution in [-0.4, -0.2) is 17.2 Å². The van der Waals surface area contributed by atoms with Gasteiger partial charge >= 0.3 is 0 Å². The summed E-state index contributed by atoms with van der Waals surface area (Å²) < 4.78 is 18.3. The molecule has 100 valence electrons. The first kappa shape index (κ1) is 13.3. The van der Waals surface area contributed by atoms with Gasteiger partial charge in [0.05, 0.1) is 7.11 Å². The molecule has 1 aromatic heterocycles. The number of aromatic hydroxyl groups is 1. The van der Waals surface area contributed by atoms with Crippen molar-refractivity contribution >= 4 is 0 Å². The summed E-state index contributed by atoms with van der Waals surface area (Å²) in [4.78, 5) is 4.09. The van der Waals surface area contributed by atoms with Crippen LogP contribution in [0.5, 0.6) is 11.6 Å². The van der Waals surface area contributed by atoms with Crippen molar-refractivity contribution in [1.82, 2.24) is 10.3 Å². The molecule has 0 aliphatic carbocycles. The average molecular weight is 262 g/mol. The number of nitrogens with one attached hydrogen (secondary N) is 1. The van der Waals surface area contributed by atoms with Gasteiger partial charge in [0.15, 0.2) is 11.6 Å². The molecule has 0 spiro atoms. The molecule has 2 aromatic rings. The molecular weight excluding hydrogens is 247 g/mol. The van der Waals surface area contributed by atoms with Crippen molar-refractivity contribution in [3.05, 3.63) is 53.5 Å². The van der Waals surface area contributed by atoms with Crippen LogP contribution >= 0.6 is 0 Å². The van der Waals surface area contributed by atoms with Gasteiger partial charge in [-0.05, 0) is 23.8 Å². The lowest BCUT2D eigenvalue weighted by atomic mass is 10.2. The Morgan fingerprint density at radius 1 is 1.32 bits per heavy atom. The first-order valence-electron chi connectivity index (χ1n) is 5.86. The summed E-state index contributed by atoms with van der Waals surface area (Å²) in [6, 6.07) is 8.07. The van der Waals surface area contributed by atoms with E-state index in [9.17, 15) is 4.39 Å². The fraction of sp³-hybridized carbons (Fsp3) is 0.214. The van der Waals surface area contributed by atoms with Crippen LogP contribution in [0.1, 0.15) is 11.1 Å². The summed E-state index contributed by atoms with van der Waals surface area (Å²) in [6.45, 7) is 1.06. The van der Waals surface area contributed by atoms with E-state index in [4.69, 9.17) is 9.84 Å². The Labute approximate surface area is 110 Å². The van der Waals surface area contributed by atoms with Crippen molar-refractivity contribution in [3.63, 3.8) is 0 Å². The number of hydrogen-bond donors (Lipinski definition) is 2. The van der Waals surface area contributed by atoms with Gasteiger partial charge < -0.3 is 15.2 Å². The molecule has 0 amide bonds. The Kier molecular flexibility index (Phi) is 4.30. The maximum atomic E-state index is 13.1. The third kappa shape index (κ3) is 3.42. The van der Waals surface area contributed by atoms with Crippen LogP contribution in [0.2, 0.25) is 0 Å². The normalized spacial score (nSPS) is 10.4. The lowest BCUT2D eigenvalue weighted by Crippen LogP contribution is -2.13. The molecule has 0 aliphatic heterocycles. The quantitative estimate of drug-likeness (QED) is 0.867. The third-order valence-corrected chi connectivity index (χ3v) is 2.70. The van der Waals surface area contributed by atoms with Gasteiger partial charge in [0.2, 0.25) is 5.88 Å². The predicted molar refractivity (Wildman–Crippen MR) is 69.4 cm³/mol. The molecule has 0 radical (unpaired) electrons. The Morgan fingerprint density at radius 3 is 2.89 bits per heavy atom. The van der Waals surface area contributed by atoms with E-state index >= 15 is 0 Å². The van der Waals surface area contributed by atoms with Crippen LogP contribution in [0.15, 0.2) is 36.5 Å². The fourth-order valence-electron chi connectivity index (χ4n) is 1.74. The van der Waals surface area contributed by atoms with E-state index in [1.807, 2.05) is 12.1 Å². The lowest BCUT2D eigenvalue weighted by Gasteiger charge is -2.08. The summed E-state index contributed by atoms with van der Waals surface area (Å²) in [5, 5.41) is 12.3. The Bertz CT molecular complexity index is 561. The maximum Gasteiger partial charge on any atom is 0.217 e. The molecule has 0 saturated heterocycles. The largest absolute Gasteiger partial charge is 0.505 e. The number of nitrogens with zero attached hydrogens (tertiary/aromatic N) is 1. The minimum Gasteiger partial charge on any atom is -0.505 e. The van der Waals surface area contributed by atoms with Crippen LogP contribution in [0, 0.1) is 5.82 Å². The van der Waals surface area contributed by atoms with Gasteiger partial charge in [0, 0.05) is 24.8 Å². The van der Waals surface area contributed by atoms with Gasteiger partial charge in [0.25, 0.3) is 0 Å². The van der Waals surface area contributed by atoms with Gasteiger partial charge in [-0.15, -0.1) is 0 Å².